The average molecular weight is 1200 g/mol. The van der Waals surface area contributed by atoms with Crippen molar-refractivity contribution >= 4 is 17.9 Å². The lowest BCUT2D eigenvalue weighted by molar-refractivity contribution is -0.870. The van der Waals surface area contributed by atoms with Gasteiger partial charge in [0.05, 0.1) is 40.3 Å². The van der Waals surface area contributed by atoms with Gasteiger partial charge in [-0.3, -0.25) is 9.59 Å². The predicted molar refractivity (Wildman–Crippen MR) is 370 cm³/mol. The van der Waals surface area contributed by atoms with Crippen LogP contribution in [0.3, 0.4) is 0 Å². The number of carbonyl (C=O) groups excluding carboxylic acids is 3. The maximum atomic E-state index is 12.9. The summed E-state index contributed by atoms with van der Waals surface area (Å²) < 4.78 is 22.7. The van der Waals surface area contributed by atoms with E-state index in [2.05, 4.69) is 208 Å². The van der Waals surface area contributed by atoms with E-state index in [0.717, 1.165) is 167 Å². The zero-order valence-corrected chi connectivity index (χ0v) is 55.3. The topological polar surface area (TPSA) is 111 Å². The Balaban J connectivity index is 4.30. The van der Waals surface area contributed by atoms with Crippen LogP contribution in [0.2, 0.25) is 0 Å². The number of nitrogens with zero attached hydrogens (tertiary/aromatic N) is 1. The molecule has 0 aliphatic carbocycles. The van der Waals surface area contributed by atoms with Gasteiger partial charge in [-0.2, -0.15) is 0 Å². The highest BCUT2D eigenvalue weighted by Crippen LogP contribution is 2.14. The molecular formula is C78H121NO8. The van der Waals surface area contributed by atoms with E-state index in [1.54, 1.807) is 0 Å². The van der Waals surface area contributed by atoms with Crippen LogP contribution in [0.1, 0.15) is 219 Å². The maximum absolute atomic E-state index is 12.9. The molecule has 0 amide bonds. The summed E-state index contributed by atoms with van der Waals surface area (Å²) in [6.45, 7) is 4.45. The zero-order chi connectivity index (χ0) is 63.3. The van der Waals surface area contributed by atoms with Crippen LogP contribution in [-0.2, 0) is 33.3 Å². The molecule has 0 saturated carbocycles. The number of rotatable bonds is 59. The Labute approximate surface area is 532 Å². The smallest absolute Gasteiger partial charge is 0.306 e. The minimum absolute atomic E-state index is 0.130. The molecule has 0 N–H and O–H groups in total. The summed E-state index contributed by atoms with van der Waals surface area (Å²) in [6.07, 6.45) is 99.2. The molecule has 9 heteroatoms. The van der Waals surface area contributed by atoms with Crippen molar-refractivity contribution in [2.45, 2.75) is 232 Å². The summed E-state index contributed by atoms with van der Waals surface area (Å²) in [5.41, 5.74) is 0. The van der Waals surface area contributed by atoms with E-state index in [1.807, 2.05) is 21.1 Å². The van der Waals surface area contributed by atoms with Crippen LogP contribution in [0.5, 0.6) is 0 Å². The van der Waals surface area contributed by atoms with Gasteiger partial charge in [0.25, 0.3) is 0 Å². The van der Waals surface area contributed by atoms with Gasteiger partial charge in [0, 0.05) is 12.8 Å². The van der Waals surface area contributed by atoms with Gasteiger partial charge in [-0.05, 0) is 141 Å². The van der Waals surface area contributed by atoms with Crippen LogP contribution in [0, 0.1) is 0 Å². The molecule has 2 unspecified atom stereocenters. The molecular weight excluding hydrogens is 1080 g/mol. The second-order valence-electron chi connectivity index (χ2n) is 22.6. The first-order valence-electron chi connectivity index (χ1n) is 33.6. The second-order valence-corrected chi connectivity index (χ2v) is 22.6. The number of likely N-dealkylation sites (N-methyl/N-ethyl adjacent to an activating group) is 1. The van der Waals surface area contributed by atoms with Crippen LogP contribution in [0.15, 0.2) is 194 Å². The lowest BCUT2D eigenvalue weighted by atomic mass is 10.1. The number of unbranched alkanes of at least 4 members (excludes halogenated alkanes) is 12. The Hall–Kier alpha value is -5.87. The maximum Gasteiger partial charge on any atom is 0.306 e. The van der Waals surface area contributed by atoms with E-state index >= 15 is 0 Å². The SMILES string of the molecule is CC/C=C\C/C=C\C/C=C\C/C=C\C/C=C\C/C=C\C/C=C\C/C=C\C/C=C\CCCCCCCCCC(=O)OC(COC(=O)CCCCCCC/C=C\C/C=C\C/C=C\C/C=C\C/C=C\C/C=C\C/C=C\CC)COC(OCC[N+](C)(C)C)C(=O)[O-]. The van der Waals surface area contributed by atoms with Gasteiger partial charge in [-0.1, -0.05) is 260 Å². The first-order valence-corrected chi connectivity index (χ1v) is 33.6. The molecule has 0 bridgehead atoms. The Morgan fingerprint density at radius 3 is 0.920 bits per heavy atom. The summed E-state index contributed by atoms with van der Waals surface area (Å²) >= 11 is 0. The van der Waals surface area contributed by atoms with Crippen molar-refractivity contribution in [3.63, 3.8) is 0 Å². The third kappa shape index (κ3) is 67.5. The van der Waals surface area contributed by atoms with E-state index in [1.165, 1.54) is 12.8 Å². The number of carboxylic acids is 1. The average Bonchev–Trinajstić information content (AvgIpc) is 3.56. The lowest BCUT2D eigenvalue weighted by Crippen LogP contribution is -2.44. The monoisotopic (exact) mass is 1200 g/mol. The molecule has 87 heavy (non-hydrogen) atoms. The minimum atomic E-state index is -1.64. The summed E-state index contributed by atoms with van der Waals surface area (Å²) in [6, 6.07) is 0. The first kappa shape index (κ1) is 81.1. The van der Waals surface area contributed by atoms with Crippen molar-refractivity contribution in [3.8, 4) is 0 Å². The summed E-state index contributed by atoms with van der Waals surface area (Å²) in [5.74, 6) is -2.35. The van der Waals surface area contributed by atoms with Gasteiger partial charge in [0.15, 0.2) is 12.4 Å². The molecule has 0 aliphatic heterocycles. The molecule has 0 heterocycles. The summed E-state index contributed by atoms with van der Waals surface area (Å²) in [7, 11) is 5.90. The standard InChI is InChI=1S/C78H121NO8/c1-6-8-10-12-14-16-18-20-22-24-26-28-30-32-34-35-36-37-38-39-40-41-43-45-47-49-51-53-55-57-59-61-63-65-67-69-76(81)87-74(73-86-78(77(82)83)84-71-70-79(3,4)5)72-85-75(80)68-66-64-62-60-58-56-54-52-50-48-46-44-42-33-31-29-27-25-23-21-19-17-15-13-11-9-7-2/h8-11,14-17,20-23,26-29,32-34,36-37,39-40,42-43,45-46,48-49,51-52,54,74,78H,6-7,12-13,18-19,24-25,30-31,35,38,41,44,47,50,53,55-73H2,1-5H3/b10-8-,11-9-,16-14-,17-15-,22-20-,23-21-,28-26-,29-27-,34-32-,37-36-,40-39-,42-33-,45-43-,48-46-,51-49-,54-52-. The second kappa shape index (κ2) is 66.1. The van der Waals surface area contributed by atoms with Crippen molar-refractivity contribution < 1.29 is 42.9 Å². The van der Waals surface area contributed by atoms with E-state index in [-0.39, 0.29) is 38.6 Å². The molecule has 0 spiro atoms. The van der Waals surface area contributed by atoms with E-state index in [4.69, 9.17) is 18.9 Å². The summed E-state index contributed by atoms with van der Waals surface area (Å²) in [4.78, 5) is 37.5. The molecule has 0 radical (unpaired) electrons. The highest BCUT2D eigenvalue weighted by molar-refractivity contribution is 5.70. The van der Waals surface area contributed by atoms with E-state index in [0.29, 0.717) is 23.9 Å². The molecule has 0 rings (SSSR count). The van der Waals surface area contributed by atoms with Crippen molar-refractivity contribution in [1.82, 2.24) is 0 Å². The first-order chi connectivity index (χ1) is 42.6. The molecule has 0 aromatic heterocycles. The largest absolute Gasteiger partial charge is 0.545 e. The van der Waals surface area contributed by atoms with Gasteiger partial charge in [0.1, 0.15) is 13.2 Å². The Morgan fingerprint density at radius 2 is 0.621 bits per heavy atom. The number of carbonyl (C=O) groups is 3. The third-order valence-electron chi connectivity index (χ3n) is 13.3. The van der Waals surface area contributed by atoms with Crippen molar-refractivity contribution in [3.05, 3.63) is 194 Å². The molecule has 9 nitrogen and oxygen atoms in total. The van der Waals surface area contributed by atoms with Crippen LogP contribution in [0.25, 0.3) is 0 Å². The molecule has 2 atom stereocenters. The number of quaternary nitrogens is 1. The van der Waals surface area contributed by atoms with Crippen LogP contribution < -0.4 is 5.11 Å². The van der Waals surface area contributed by atoms with E-state index < -0.39 is 24.3 Å². The fraction of sp³-hybridized carbons (Fsp3) is 0.551. The van der Waals surface area contributed by atoms with Gasteiger partial charge in [0.2, 0.25) is 0 Å². The fourth-order valence-electron chi connectivity index (χ4n) is 8.27. The molecule has 0 saturated heterocycles. The number of carboxylic acid groups (broad SMARTS) is 1. The van der Waals surface area contributed by atoms with E-state index in [9.17, 15) is 19.5 Å². The van der Waals surface area contributed by atoms with Crippen molar-refractivity contribution in [2.24, 2.45) is 0 Å². The van der Waals surface area contributed by atoms with Gasteiger partial charge < -0.3 is 33.3 Å². The van der Waals surface area contributed by atoms with Crippen LogP contribution >= 0.6 is 0 Å². The van der Waals surface area contributed by atoms with Crippen molar-refractivity contribution in [2.75, 3.05) is 47.5 Å². The molecule has 0 fully saturated rings. The van der Waals surface area contributed by atoms with Gasteiger partial charge >= 0.3 is 11.9 Å². The number of aliphatic carboxylic acids is 1. The molecule has 486 valence electrons. The fourth-order valence-corrected chi connectivity index (χ4v) is 8.27. The predicted octanol–water partition coefficient (Wildman–Crippen LogP) is 19.7. The molecule has 0 aliphatic rings. The quantitative estimate of drug-likeness (QED) is 0.0195. The Morgan fingerprint density at radius 1 is 0.345 bits per heavy atom. The van der Waals surface area contributed by atoms with Gasteiger partial charge in [-0.25, -0.2) is 0 Å². The normalized spacial score (nSPS) is 14.0. The lowest BCUT2D eigenvalue weighted by Gasteiger charge is -2.26. The Bertz CT molecular complexity index is 2130. The zero-order valence-electron chi connectivity index (χ0n) is 55.3. The number of hydrogen-bond donors (Lipinski definition) is 0. The van der Waals surface area contributed by atoms with Crippen molar-refractivity contribution in [1.29, 1.82) is 0 Å². The Kier molecular flexibility index (Phi) is 61.6. The van der Waals surface area contributed by atoms with Crippen LogP contribution in [0.4, 0.5) is 0 Å². The summed E-state index contributed by atoms with van der Waals surface area (Å²) in [5, 5.41) is 11.8. The van der Waals surface area contributed by atoms with Gasteiger partial charge in [-0.15, -0.1) is 0 Å². The third-order valence-corrected chi connectivity index (χ3v) is 13.3. The highest BCUT2D eigenvalue weighted by Gasteiger charge is 2.22. The molecule has 0 aromatic rings. The number of esters is 2. The number of ether oxygens (including phenoxy) is 4. The molecule has 0 aromatic carbocycles. The highest BCUT2D eigenvalue weighted by atomic mass is 16.7. The minimum Gasteiger partial charge on any atom is -0.545 e. The van der Waals surface area contributed by atoms with Crippen LogP contribution in [-0.4, -0.2) is 82.3 Å². The number of allylic oxidation sites excluding steroid dienone is 32. The number of hydrogen-bond acceptors (Lipinski definition) is 8.